The van der Waals surface area contributed by atoms with Crippen molar-refractivity contribution >= 4 is 10.0 Å². The molecule has 0 aliphatic heterocycles. The van der Waals surface area contributed by atoms with E-state index in [1.54, 1.807) is 0 Å². The number of alkyl halides is 3. The van der Waals surface area contributed by atoms with E-state index in [-0.39, 0.29) is 23.5 Å². The van der Waals surface area contributed by atoms with Gasteiger partial charge in [0.15, 0.2) is 11.5 Å². The van der Waals surface area contributed by atoms with Gasteiger partial charge < -0.3 is 10.2 Å². The zero-order valence-electron chi connectivity index (χ0n) is 17.4. The first-order valence-electron chi connectivity index (χ1n) is 10.2. The van der Waals surface area contributed by atoms with Gasteiger partial charge in [-0.15, -0.1) is 0 Å². The number of rotatable bonds is 11. The molecule has 2 N–H and O–H groups in total. The highest BCUT2D eigenvalue weighted by molar-refractivity contribution is 7.89. The molecular formula is C22H28F3NO4S. The van der Waals surface area contributed by atoms with E-state index in [1.807, 2.05) is 0 Å². The Balaban J connectivity index is 2.26. The number of sulfonamides is 1. The number of hydrogen-bond donors (Lipinski definition) is 2. The van der Waals surface area contributed by atoms with Crippen molar-refractivity contribution in [3.8, 4) is 11.5 Å². The normalized spacial score (nSPS) is 12.4. The van der Waals surface area contributed by atoms with Crippen LogP contribution in [0.2, 0.25) is 0 Å². The van der Waals surface area contributed by atoms with Gasteiger partial charge in [0.2, 0.25) is 10.0 Å². The summed E-state index contributed by atoms with van der Waals surface area (Å²) in [5, 5.41) is 19.2. The highest BCUT2D eigenvalue weighted by Gasteiger charge is 2.31. The standard InChI is InChI=1S/C22H28F3NO4S/c1-2-3-4-5-6-7-13-26(16-17-9-8-10-18(14-17)22(23,24)25)31(29,30)19-11-12-20(27)21(28)15-19/h8-12,14-15,27-28H,2-7,13,16H2,1H3. The van der Waals surface area contributed by atoms with E-state index >= 15 is 0 Å². The SMILES string of the molecule is CCCCCCCCN(Cc1cccc(C(F)(F)F)c1)S(=O)(=O)c1ccc(O)c(O)c1. The molecule has 172 valence electrons. The molecule has 5 nitrogen and oxygen atoms in total. The number of nitrogens with zero attached hydrogens (tertiary/aromatic N) is 1. The fraction of sp³-hybridized carbons (Fsp3) is 0.455. The summed E-state index contributed by atoms with van der Waals surface area (Å²) >= 11 is 0. The molecule has 0 unspecified atom stereocenters. The molecule has 0 bridgehead atoms. The van der Waals surface area contributed by atoms with Crippen LogP contribution in [0, 0.1) is 0 Å². The van der Waals surface area contributed by atoms with Crippen LogP contribution in [-0.4, -0.2) is 29.5 Å². The second kappa shape index (κ2) is 10.9. The van der Waals surface area contributed by atoms with Gasteiger partial charge in [-0.25, -0.2) is 8.42 Å². The lowest BCUT2D eigenvalue weighted by molar-refractivity contribution is -0.137. The first-order chi connectivity index (χ1) is 14.6. The van der Waals surface area contributed by atoms with Crippen molar-refractivity contribution in [2.24, 2.45) is 0 Å². The van der Waals surface area contributed by atoms with Crippen LogP contribution in [-0.2, 0) is 22.7 Å². The zero-order valence-corrected chi connectivity index (χ0v) is 18.2. The predicted octanol–water partition coefficient (Wildman–Crippen LogP) is 5.67. The minimum absolute atomic E-state index is 0.131. The molecule has 0 saturated carbocycles. The highest BCUT2D eigenvalue weighted by Crippen LogP contribution is 2.31. The van der Waals surface area contributed by atoms with Crippen molar-refractivity contribution in [3.05, 3.63) is 53.6 Å². The Labute approximate surface area is 181 Å². The summed E-state index contributed by atoms with van der Waals surface area (Å²) < 4.78 is 66.6. The summed E-state index contributed by atoms with van der Waals surface area (Å²) in [5.41, 5.74) is -0.628. The summed E-state index contributed by atoms with van der Waals surface area (Å²) in [6.45, 7) is 1.99. The predicted molar refractivity (Wildman–Crippen MR) is 112 cm³/mol. The number of unbranched alkanes of at least 4 members (excludes halogenated alkanes) is 5. The molecule has 0 atom stereocenters. The second-order valence-electron chi connectivity index (χ2n) is 7.46. The van der Waals surface area contributed by atoms with Gasteiger partial charge in [-0.2, -0.15) is 17.5 Å². The minimum atomic E-state index is -4.53. The van der Waals surface area contributed by atoms with Crippen molar-refractivity contribution < 1.29 is 31.8 Å². The summed E-state index contributed by atoms with van der Waals surface area (Å²) in [7, 11) is -4.10. The molecule has 0 amide bonds. The van der Waals surface area contributed by atoms with Crippen LogP contribution in [0.1, 0.15) is 56.6 Å². The van der Waals surface area contributed by atoms with Crippen molar-refractivity contribution in [3.63, 3.8) is 0 Å². The maximum Gasteiger partial charge on any atom is 0.416 e. The van der Waals surface area contributed by atoms with E-state index in [1.165, 1.54) is 12.1 Å². The van der Waals surface area contributed by atoms with Crippen molar-refractivity contribution in [2.45, 2.75) is 63.1 Å². The maximum absolute atomic E-state index is 13.2. The molecule has 0 aliphatic carbocycles. The van der Waals surface area contributed by atoms with Crippen molar-refractivity contribution in [1.82, 2.24) is 4.31 Å². The van der Waals surface area contributed by atoms with E-state index in [0.717, 1.165) is 66.7 Å². The Hall–Kier alpha value is -2.26. The fourth-order valence-corrected chi connectivity index (χ4v) is 4.70. The van der Waals surface area contributed by atoms with Crippen LogP contribution in [0.5, 0.6) is 11.5 Å². The minimum Gasteiger partial charge on any atom is -0.504 e. The average molecular weight is 460 g/mol. The van der Waals surface area contributed by atoms with Gasteiger partial charge in [-0.3, -0.25) is 0 Å². The van der Waals surface area contributed by atoms with E-state index in [2.05, 4.69) is 6.92 Å². The monoisotopic (exact) mass is 459 g/mol. The summed E-state index contributed by atoms with van der Waals surface area (Å²) in [6, 6.07) is 7.74. The van der Waals surface area contributed by atoms with E-state index in [0.29, 0.717) is 6.42 Å². The van der Waals surface area contributed by atoms with Crippen LogP contribution in [0.15, 0.2) is 47.4 Å². The number of halogens is 3. The zero-order chi connectivity index (χ0) is 23.1. The molecule has 31 heavy (non-hydrogen) atoms. The van der Waals surface area contributed by atoms with E-state index in [4.69, 9.17) is 0 Å². The van der Waals surface area contributed by atoms with Gasteiger partial charge >= 0.3 is 6.18 Å². The van der Waals surface area contributed by atoms with Crippen LogP contribution in [0.25, 0.3) is 0 Å². The topological polar surface area (TPSA) is 77.8 Å². The van der Waals surface area contributed by atoms with Crippen LogP contribution in [0.3, 0.4) is 0 Å². The average Bonchev–Trinajstić information content (AvgIpc) is 2.71. The summed E-state index contributed by atoms with van der Waals surface area (Å²) in [6.07, 6.45) is 1.01. The first-order valence-corrected chi connectivity index (χ1v) is 11.7. The van der Waals surface area contributed by atoms with Crippen LogP contribution >= 0.6 is 0 Å². The van der Waals surface area contributed by atoms with E-state index < -0.39 is 33.3 Å². The molecule has 0 radical (unpaired) electrons. The van der Waals surface area contributed by atoms with Crippen LogP contribution in [0.4, 0.5) is 13.2 Å². The molecule has 0 spiro atoms. The third-order valence-corrected chi connectivity index (χ3v) is 6.80. The van der Waals surface area contributed by atoms with Gasteiger partial charge in [0.25, 0.3) is 0 Å². The molecule has 2 aromatic carbocycles. The smallest absolute Gasteiger partial charge is 0.416 e. The molecule has 2 aromatic rings. The molecular weight excluding hydrogens is 431 g/mol. The van der Waals surface area contributed by atoms with Gasteiger partial charge in [0, 0.05) is 19.2 Å². The highest BCUT2D eigenvalue weighted by atomic mass is 32.2. The second-order valence-corrected chi connectivity index (χ2v) is 9.39. The van der Waals surface area contributed by atoms with Crippen molar-refractivity contribution in [2.75, 3.05) is 6.54 Å². The quantitative estimate of drug-likeness (QED) is 0.335. The summed E-state index contributed by atoms with van der Waals surface area (Å²) in [5.74, 6) is -1.04. The molecule has 0 fully saturated rings. The third kappa shape index (κ3) is 7.14. The maximum atomic E-state index is 13.2. The van der Waals surface area contributed by atoms with Crippen molar-refractivity contribution in [1.29, 1.82) is 0 Å². The Morgan fingerprint density at radius 3 is 2.23 bits per heavy atom. The van der Waals surface area contributed by atoms with Crippen LogP contribution < -0.4 is 0 Å². The Morgan fingerprint density at radius 2 is 1.58 bits per heavy atom. The molecule has 0 heterocycles. The number of hydrogen-bond acceptors (Lipinski definition) is 4. The van der Waals surface area contributed by atoms with Gasteiger partial charge in [0.1, 0.15) is 0 Å². The summed E-state index contributed by atoms with van der Waals surface area (Å²) in [4.78, 5) is -0.235. The number of aromatic hydroxyl groups is 2. The molecule has 0 aromatic heterocycles. The van der Waals surface area contributed by atoms with Gasteiger partial charge in [-0.1, -0.05) is 57.2 Å². The largest absolute Gasteiger partial charge is 0.504 e. The molecule has 9 heteroatoms. The molecule has 2 rings (SSSR count). The third-order valence-electron chi connectivity index (χ3n) is 4.96. The fourth-order valence-electron chi connectivity index (χ4n) is 3.22. The Morgan fingerprint density at radius 1 is 0.903 bits per heavy atom. The first kappa shape index (κ1) is 25.0. The molecule has 0 aliphatic rings. The van der Waals surface area contributed by atoms with Gasteiger partial charge in [0.05, 0.1) is 10.5 Å². The number of benzene rings is 2. The lowest BCUT2D eigenvalue weighted by atomic mass is 10.1. The lowest BCUT2D eigenvalue weighted by Gasteiger charge is -2.23. The van der Waals surface area contributed by atoms with Gasteiger partial charge in [-0.05, 0) is 30.2 Å². The Bertz CT molecular complexity index is 961. The van der Waals surface area contributed by atoms with E-state index in [9.17, 15) is 31.8 Å². The number of phenols is 2. The Kier molecular flexibility index (Phi) is 8.76. The number of phenolic OH excluding ortho intramolecular Hbond substituents is 2. The molecule has 0 saturated heterocycles. The lowest BCUT2D eigenvalue weighted by Crippen LogP contribution is -2.31.